The molecular formula is C17H28N2O. The van der Waals surface area contributed by atoms with Crippen LogP contribution in [-0.2, 0) is 17.9 Å². The van der Waals surface area contributed by atoms with Crippen LogP contribution in [0.2, 0.25) is 0 Å². The molecule has 3 nitrogen and oxygen atoms in total. The molecule has 0 saturated heterocycles. The normalized spacial score (nSPS) is 16.8. The Balaban J connectivity index is 1.76. The molecule has 0 bridgehead atoms. The zero-order valence-electron chi connectivity index (χ0n) is 12.9. The zero-order valence-corrected chi connectivity index (χ0v) is 12.9. The molecule has 0 atom stereocenters. The Bertz CT molecular complexity index is 386. The average Bonchev–Trinajstić information content (AvgIpc) is 2.46. The van der Waals surface area contributed by atoms with Crippen LogP contribution in [0.25, 0.3) is 0 Å². The van der Waals surface area contributed by atoms with Gasteiger partial charge in [-0.05, 0) is 37.4 Å². The molecule has 3 heteroatoms. The molecule has 0 spiro atoms. The Labute approximate surface area is 123 Å². The van der Waals surface area contributed by atoms with E-state index in [0.717, 1.165) is 24.5 Å². The van der Waals surface area contributed by atoms with Crippen molar-refractivity contribution in [3.63, 3.8) is 0 Å². The van der Waals surface area contributed by atoms with Crippen molar-refractivity contribution < 1.29 is 4.74 Å². The predicted octanol–water partition coefficient (Wildman–Crippen LogP) is 3.68. The van der Waals surface area contributed by atoms with Crippen molar-refractivity contribution in [1.82, 2.24) is 10.3 Å². The summed E-state index contributed by atoms with van der Waals surface area (Å²) < 4.78 is 5.98. The van der Waals surface area contributed by atoms with Crippen molar-refractivity contribution in [2.75, 3.05) is 6.54 Å². The highest BCUT2D eigenvalue weighted by atomic mass is 16.5. The van der Waals surface area contributed by atoms with Gasteiger partial charge in [-0.15, -0.1) is 0 Å². The molecule has 1 aliphatic rings. The number of ether oxygens (including phenoxy) is 1. The van der Waals surface area contributed by atoms with Crippen LogP contribution in [0.15, 0.2) is 18.2 Å². The summed E-state index contributed by atoms with van der Waals surface area (Å²) in [4.78, 5) is 4.67. The minimum Gasteiger partial charge on any atom is -0.372 e. The summed E-state index contributed by atoms with van der Waals surface area (Å²) >= 11 is 0. The summed E-state index contributed by atoms with van der Waals surface area (Å²) in [5.74, 6) is 0.674. The summed E-state index contributed by atoms with van der Waals surface area (Å²) in [6, 6.07) is 6.23. The average molecular weight is 276 g/mol. The van der Waals surface area contributed by atoms with Crippen molar-refractivity contribution in [2.45, 2.75) is 65.2 Å². The Kier molecular flexibility index (Phi) is 6.48. The quantitative estimate of drug-likeness (QED) is 0.825. The summed E-state index contributed by atoms with van der Waals surface area (Å²) in [5.41, 5.74) is 2.16. The van der Waals surface area contributed by atoms with Crippen LogP contribution in [0.4, 0.5) is 0 Å². The maximum absolute atomic E-state index is 5.98. The van der Waals surface area contributed by atoms with Gasteiger partial charge in [-0.2, -0.15) is 0 Å². The van der Waals surface area contributed by atoms with Crippen molar-refractivity contribution in [3.05, 3.63) is 29.6 Å². The monoisotopic (exact) mass is 276 g/mol. The SMILES string of the molecule is CC(C)CNCc1cccc(COC2CCCCC2)n1. The smallest absolute Gasteiger partial charge is 0.0891 e. The van der Waals surface area contributed by atoms with E-state index in [2.05, 4.69) is 42.3 Å². The number of rotatable bonds is 7. The lowest BCUT2D eigenvalue weighted by Gasteiger charge is -2.21. The van der Waals surface area contributed by atoms with Crippen molar-refractivity contribution in [3.8, 4) is 0 Å². The van der Waals surface area contributed by atoms with Gasteiger partial charge in [-0.25, -0.2) is 0 Å². The molecule has 0 aliphatic heterocycles. The molecule has 0 radical (unpaired) electrons. The van der Waals surface area contributed by atoms with Crippen molar-refractivity contribution in [2.24, 2.45) is 5.92 Å². The summed E-state index contributed by atoms with van der Waals surface area (Å²) in [6.45, 7) is 6.96. The molecule has 1 N–H and O–H groups in total. The van der Waals surface area contributed by atoms with Gasteiger partial charge in [-0.1, -0.05) is 39.2 Å². The molecule has 0 unspecified atom stereocenters. The Hall–Kier alpha value is -0.930. The molecular weight excluding hydrogens is 248 g/mol. The van der Waals surface area contributed by atoms with Crippen molar-refractivity contribution in [1.29, 1.82) is 0 Å². The molecule has 1 aromatic rings. The Morgan fingerprint density at radius 3 is 2.70 bits per heavy atom. The first-order valence-corrected chi connectivity index (χ1v) is 8.01. The van der Waals surface area contributed by atoms with Gasteiger partial charge in [-0.3, -0.25) is 4.98 Å². The van der Waals surface area contributed by atoms with E-state index >= 15 is 0 Å². The maximum Gasteiger partial charge on any atom is 0.0891 e. The second-order valence-corrected chi connectivity index (χ2v) is 6.22. The van der Waals surface area contributed by atoms with Crippen LogP contribution < -0.4 is 5.32 Å². The van der Waals surface area contributed by atoms with Crippen LogP contribution in [0, 0.1) is 5.92 Å². The van der Waals surface area contributed by atoms with E-state index in [0.29, 0.717) is 18.6 Å². The molecule has 0 amide bonds. The minimum absolute atomic E-state index is 0.452. The predicted molar refractivity (Wildman–Crippen MR) is 82.4 cm³/mol. The van der Waals surface area contributed by atoms with Gasteiger partial charge in [0.05, 0.1) is 24.1 Å². The van der Waals surface area contributed by atoms with Crippen LogP contribution in [0.1, 0.15) is 57.3 Å². The van der Waals surface area contributed by atoms with Crippen LogP contribution >= 0.6 is 0 Å². The standard InChI is InChI=1S/C17H28N2O/c1-14(2)11-18-12-15-7-6-8-16(19-15)13-20-17-9-4-3-5-10-17/h6-8,14,17-18H,3-5,9-13H2,1-2H3. The maximum atomic E-state index is 5.98. The topological polar surface area (TPSA) is 34.1 Å². The fraction of sp³-hybridized carbons (Fsp3) is 0.706. The molecule has 1 heterocycles. The summed E-state index contributed by atoms with van der Waals surface area (Å²) in [5, 5.41) is 3.43. The third kappa shape index (κ3) is 5.59. The van der Waals surface area contributed by atoms with Gasteiger partial charge in [0.2, 0.25) is 0 Å². The first-order chi connectivity index (χ1) is 9.74. The second kappa shape index (κ2) is 8.38. The molecule has 1 fully saturated rings. The first kappa shape index (κ1) is 15.5. The molecule has 1 aliphatic carbocycles. The van der Waals surface area contributed by atoms with E-state index in [1.165, 1.54) is 32.1 Å². The minimum atomic E-state index is 0.452. The third-order valence-corrected chi connectivity index (χ3v) is 3.74. The third-order valence-electron chi connectivity index (χ3n) is 3.74. The van der Waals surface area contributed by atoms with Gasteiger partial charge >= 0.3 is 0 Å². The number of hydrogen-bond acceptors (Lipinski definition) is 3. The Morgan fingerprint density at radius 1 is 1.20 bits per heavy atom. The van der Waals surface area contributed by atoms with E-state index in [9.17, 15) is 0 Å². The number of hydrogen-bond donors (Lipinski definition) is 1. The highest BCUT2D eigenvalue weighted by molar-refractivity contribution is 5.10. The second-order valence-electron chi connectivity index (χ2n) is 6.22. The van der Waals surface area contributed by atoms with E-state index in [4.69, 9.17) is 4.74 Å². The van der Waals surface area contributed by atoms with Gasteiger partial charge < -0.3 is 10.1 Å². The molecule has 20 heavy (non-hydrogen) atoms. The Morgan fingerprint density at radius 2 is 1.95 bits per heavy atom. The van der Waals surface area contributed by atoms with E-state index in [-0.39, 0.29) is 0 Å². The van der Waals surface area contributed by atoms with Crippen LogP contribution in [-0.4, -0.2) is 17.6 Å². The highest BCUT2D eigenvalue weighted by Crippen LogP contribution is 2.21. The lowest BCUT2D eigenvalue weighted by atomic mass is 9.98. The van der Waals surface area contributed by atoms with Gasteiger partial charge in [0.15, 0.2) is 0 Å². The molecule has 2 rings (SSSR count). The van der Waals surface area contributed by atoms with Gasteiger partial charge in [0, 0.05) is 6.54 Å². The van der Waals surface area contributed by atoms with Crippen LogP contribution in [0.5, 0.6) is 0 Å². The molecule has 1 aromatic heterocycles. The first-order valence-electron chi connectivity index (χ1n) is 8.01. The fourth-order valence-electron chi connectivity index (χ4n) is 2.63. The number of aromatic nitrogens is 1. The molecule has 1 saturated carbocycles. The number of pyridine rings is 1. The fourth-order valence-corrected chi connectivity index (χ4v) is 2.63. The van der Waals surface area contributed by atoms with Gasteiger partial charge in [0.1, 0.15) is 0 Å². The number of nitrogens with zero attached hydrogens (tertiary/aromatic N) is 1. The summed E-state index contributed by atoms with van der Waals surface area (Å²) in [6.07, 6.45) is 6.89. The zero-order chi connectivity index (χ0) is 14.2. The lowest BCUT2D eigenvalue weighted by molar-refractivity contribution is 0.0152. The highest BCUT2D eigenvalue weighted by Gasteiger charge is 2.13. The summed E-state index contributed by atoms with van der Waals surface area (Å²) in [7, 11) is 0. The van der Waals surface area contributed by atoms with E-state index in [1.54, 1.807) is 0 Å². The van der Waals surface area contributed by atoms with Crippen molar-refractivity contribution >= 4 is 0 Å². The van der Waals surface area contributed by atoms with Gasteiger partial charge in [0.25, 0.3) is 0 Å². The van der Waals surface area contributed by atoms with Crippen LogP contribution in [0.3, 0.4) is 0 Å². The lowest BCUT2D eigenvalue weighted by Crippen LogP contribution is -2.20. The number of nitrogens with one attached hydrogen (secondary N) is 1. The van der Waals surface area contributed by atoms with E-state index in [1.807, 2.05) is 0 Å². The molecule has 112 valence electrons. The van der Waals surface area contributed by atoms with E-state index < -0.39 is 0 Å². The largest absolute Gasteiger partial charge is 0.372 e. The molecule has 0 aromatic carbocycles.